The molecule has 2 amide bonds. The largest absolute Gasteiger partial charge is 0.432 e. The molecule has 0 atom stereocenters. The van der Waals surface area contributed by atoms with E-state index in [0.29, 0.717) is 301 Å². The van der Waals surface area contributed by atoms with Gasteiger partial charge >= 0.3 is 0 Å². The van der Waals surface area contributed by atoms with Crippen molar-refractivity contribution in [1.29, 1.82) is 0 Å². The number of aryl methyl sites for hydroxylation is 2. The van der Waals surface area contributed by atoms with Gasteiger partial charge in [-0.3, -0.25) is 19.1 Å². The Balaban J connectivity index is 0.000000356. The lowest BCUT2D eigenvalue weighted by atomic mass is 9.81. The van der Waals surface area contributed by atoms with Gasteiger partial charge in [0.05, 0.1) is 271 Å². The number of nitrogens with zero attached hydrogens (tertiary/aromatic N) is 5. The number of para-hydroxylation sites is 2. The van der Waals surface area contributed by atoms with Crippen molar-refractivity contribution < 1.29 is 126 Å². The lowest BCUT2D eigenvalue weighted by Crippen LogP contribution is -2.45. The van der Waals surface area contributed by atoms with Gasteiger partial charge in [-0.1, -0.05) is 96.3 Å². The van der Waals surface area contributed by atoms with Crippen LogP contribution in [0.4, 0.5) is 20.2 Å². The molecule has 1 aliphatic carbocycles. The summed E-state index contributed by atoms with van der Waals surface area (Å²) in [5.74, 6) is -1.55. The third kappa shape index (κ3) is 48.6. The number of aromatic nitrogens is 3. The molecular formula is C101H148Cl4F2N6O25S2Si2. The quantitative estimate of drug-likeness (QED) is 0.0181. The zero-order valence-corrected chi connectivity index (χ0v) is 90.1. The van der Waals surface area contributed by atoms with E-state index < -0.39 is 37.7 Å². The molecular weight excluding hydrogens is 2000 g/mol. The molecule has 3 heterocycles. The number of fused-ring (bicyclic) bond motifs is 1. The maximum atomic E-state index is 15.7. The van der Waals surface area contributed by atoms with E-state index in [9.17, 15) is 32.0 Å². The molecule has 9 rings (SSSR count). The second-order valence-corrected chi connectivity index (χ2v) is 48.2. The maximum absolute atomic E-state index is 15.7. The van der Waals surface area contributed by atoms with E-state index in [1.165, 1.54) is 42.8 Å². The summed E-state index contributed by atoms with van der Waals surface area (Å²) in [5, 5.41) is 5.07. The highest BCUT2D eigenvalue weighted by atomic mass is 35.5. The number of benzene rings is 5. The van der Waals surface area contributed by atoms with Gasteiger partial charge in [0.2, 0.25) is 5.91 Å². The summed E-state index contributed by atoms with van der Waals surface area (Å²) in [6.45, 7) is 32.6. The second-order valence-electron chi connectivity index (χ2n) is 35.2. The first-order valence-corrected chi connectivity index (χ1v) is 59.3. The van der Waals surface area contributed by atoms with Crippen molar-refractivity contribution in [1.82, 2.24) is 19.9 Å². The summed E-state index contributed by atoms with van der Waals surface area (Å²) < 4.78 is 163. The topological polar surface area (TPSA) is 333 Å². The number of sulfone groups is 1. The molecule has 0 spiro atoms. The minimum atomic E-state index is -3.87. The van der Waals surface area contributed by atoms with Crippen molar-refractivity contribution in [2.45, 2.75) is 131 Å². The molecule has 0 radical (unpaired) electrons. The van der Waals surface area contributed by atoms with Crippen LogP contribution in [-0.4, -0.2) is 343 Å². The number of thioether (sulfide) groups is 1. The molecule has 0 bridgehead atoms. The Labute approximate surface area is 863 Å². The molecule has 31 nitrogen and oxygen atoms in total. The van der Waals surface area contributed by atoms with Crippen molar-refractivity contribution in [2.75, 3.05) is 286 Å². The highest BCUT2D eigenvalue weighted by Crippen LogP contribution is 2.43. The smallest absolute Gasteiger partial charge is 0.260 e. The van der Waals surface area contributed by atoms with E-state index in [-0.39, 0.29) is 70.7 Å². The molecule has 794 valence electrons. The first kappa shape index (κ1) is 121. The fraction of sp³-hybridized carbons (Fsp3) is 0.604. The van der Waals surface area contributed by atoms with E-state index in [2.05, 4.69) is 35.1 Å². The first-order valence-electron chi connectivity index (χ1n) is 48.8. The van der Waals surface area contributed by atoms with Crippen LogP contribution in [0.2, 0.25) is 58.4 Å². The number of pyridine rings is 1. The van der Waals surface area contributed by atoms with E-state index >= 15 is 4.39 Å². The summed E-state index contributed by atoms with van der Waals surface area (Å²) in [6.07, 6.45) is 9.60. The average molecular weight is 2150 g/mol. The Kier molecular flexibility index (Phi) is 59.3. The van der Waals surface area contributed by atoms with Gasteiger partial charge < -0.3 is 115 Å². The van der Waals surface area contributed by atoms with Gasteiger partial charge in [0.15, 0.2) is 31.6 Å². The fourth-order valence-corrected chi connectivity index (χ4v) is 19.4. The molecule has 5 aromatic carbocycles. The average Bonchev–Trinajstić information content (AvgIpc) is 1.46. The fourth-order valence-electron chi connectivity index (χ4n) is 14.3. The molecule has 1 fully saturated rings. The molecule has 3 N–H and O–H groups in total. The molecule has 1 aliphatic heterocycles. The van der Waals surface area contributed by atoms with Gasteiger partial charge in [0, 0.05) is 107 Å². The highest BCUT2D eigenvalue weighted by molar-refractivity contribution is 7.98. The Morgan fingerprint density at radius 2 is 0.937 bits per heavy atom. The predicted molar refractivity (Wildman–Crippen MR) is 552 cm³/mol. The van der Waals surface area contributed by atoms with Crippen LogP contribution in [0.15, 0.2) is 126 Å². The zero-order valence-electron chi connectivity index (χ0n) is 83.4. The first-order chi connectivity index (χ1) is 68.6. The third-order valence-corrected chi connectivity index (χ3v) is 29.6. The van der Waals surface area contributed by atoms with Crippen LogP contribution in [0.25, 0.3) is 5.69 Å². The standard InChI is InChI=1S/C55H82Cl2F2N2O15S2Si.C46H66Cl2N4O10Si/c1-44-39-45(7-12-50(44)56)55(2,3)53-42-60-54(61(53)47-10-8-46(58)9-11-47)77-43-49-51(57)40-48(41-52(49)59)78(62,63)37-6-13-65-14-15-66-16-17-67-18-19-68-20-21-69-22-23-70-24-25-71-26-27-72-28-29-73-30-31-74-32-33-75-34-35-76-36-38-79(4,5)64;1-63(2,55)31-5-17-56-19-21-58-23-25-60-27-29-62-30-28-61-26-24-59-22-20-57-18-14-50-45(53)11-8-37-33-42(48)38(34-41(37)47)32-36-12-13-49-35-40(36)46(54)52-16-15-51(39-9-10-39)43-6-3-4-7-44(43)52/h7-12,39-42,64H,6,13-38,43H2,1-5H3;3-4,6-7,12-13,33-35,39,55H,5,8-11,14-32H2,1-2H3,(H,50,53). The summed E-state index contributed by atoms with van der Waals surface area (Å²) in [4.78, 5) is 59.3. The molecule has 2 aromatic heterocycles. The molecule has 142 heavy (non-hydrogen) atoms. The van der Waals surface area contributed by atoms with Crippen LogP contribution >= 0.6 is 58.2 Å². The minimum Gasteiger partial charge on any atom is -0.432 e. The number of halogens is 6. The van der Waals surface area contributed by atoms with Gasteiger partial charge in [-0.25, -0.2) is 22.2 Å². The van der Waals surface area contributed by atoms with Gasteiger partial charge in [-0.15, -0.1) is 0 Å². The number of carbonyl (C=O) groups is 2. The van der Waals surface area contributed by atoms with E-state index in [4.69, 9.17) is 141 Å². The number of hydrogen-bond acceptors (Lipinski definition) is 29. The van der Waals surface area contributed by atoms with Crippen molar-refractivity contribution in [3.63, 3.8) is 0 Å². The predicted octanol–water partition coefficient (Wildman–Crippen LogP) is 15.3. The van der Waals surface area contributed by atoms with Gasteiger partial charge in [0.25, 0.3) is 5.91 Å². The number of rotatable bonds is 79. The van der Waals surface area contributed by atoms with Crippen molar-refractivity contribution in [3.05, 3.63) is 192 Å². The lowest BCUT2D eigenvalue weighted by Gasteiger charge is -2.38. The SMILES string of the molecule is C[Si](C)(O)CCCOCCOCCOCCOCCOCCOCCOCCNC(=O)CCc1cc(Cl)c(Cc2ccncc2C(=O)N2CCN(C3CC3)c3ccccc32)cc1Cl.Cc1cc(C(C)(C)c2cnc(SCc3c(F)cc(S(=O)(=O)CCCOCCOCCOCCOCCOCCOCCOCCOCCOCCOCCOCCOCC[Si](C)(C)O)cc3Cl)n2-c2ccc(F)cc2)ccc1Cl. The number of nitrogens with one attached hydrogen (secondary N) is 1. The number of amides is 2. The normalized spacial score (nSPS) is 13.1. The Bertz CT molecular complexity index is 4810. The lowest BCUT2D eigenvalue weighted by molar-refractivity contribution is -0.121. The van der Waals surface area contributed by atoms with Crippen molar-refractivity contribution >= 4 is 108 Å². The molecule has 2 aliphatic rings. The number of anilines is 2. The van der Waals surface area contributed by atoms with Crippen LogP contribution in [-0.2, 0) is 129 Å². The van der Waals surface area contributed by atoms with Crippen LogP contribution in [0, 0.1) is 18.6 Å². The Morgan fingerprint density at radius 1 is 0.493 bits per heavy atom. The summed E-state index contributed by atoms with van der Waals surface area (Å²) in [6, 6.07) is 29.9. The Morgan fingerprint density at radius 3 is 1.40 bits per heavy atom. The third-order valence-electron chi connectivity index (χ3n) is 22.3. The van der Waals surface area contributed by atoms with Gasteiger partial charge in [-0.2, -0.15) is 0 Å². The van der Waals surface area contributed by atoms with Crippen molar-refractivity contribution in [3.8, 4) is 5.69 Å². The minimum absolute atomic E-state index is 0.0222. The summed E-state index contributed by atoms with van der Waals surface area (Å²) >= 11 is 27.6. The highest BCUT2D eigenvalue weighted by Gasteiger charge is 2.37. The van der Waals surface area contributed by atoms with Gasteiger partial charge in [-0.05, 0) is 184 Å². The van der Waals surface area contributed by atoms with Crippen LogP contribution in [0.1, 0.15) is 95.4 Å². The molecule has 0 unspecified atom stereocenters. The Hall–Kier alpha value is -5.89. The van der Waals surface area contributed by atoms with Crippen molar-refractivity contribution in [2.24, 2.45) is 0 Å². The van der Waals surface area contributed by atoms with E-state index in [0.717, 1.165) is 76.0 Å². The van der Waals surface area contributed by atoms with Crippen LogP contribution < -0.4 is 15.1 Å². The monoisotopic (exact) mass is 2140 g/mol. The number of imidazole rings is 1. The number of ether oxygens (including phenoxy) is 19. The van der Waals surface area contributed by atoms with E-state index in [1.54, 1.807) is 30.7 Å². The van der Waals surface area contributed by atoms with E-state index in [1.807, 2.05) is 97.2 Å². The molecule has 7 aromatic rings. The summed E-state index contributed by atoms with van der Waals surface area (Å²) in [7, 11) is -7.88. The molecule has 0 saturated heterocycles. The maximum Gasteiger partial charge on any atom is 0.260 e. The zero-order chi connectivity index (χ0) is 102. The summed E-state index contributed by atoms with van der Waals surface area (Å²) in [5.41, 5.74) is 7.89. The number of hydrogen-bond donors (Lipinski definition) is 3. The van der Waals surface area contributed by atoms with Crippen LogP contribution in [0.3, 0.4) is 0 Å². The van der Waals surface area contributed by atoms with Crippen LogP contribution in [0.5, 0.6) is 0 Å². The second kappa shape index (κ2) is 69.4. The number of carbonyl (C=O) groups excluding carboxylic acids is 2. The molecule has 1 saturated carbocycles. The molecule has 41 heteroatoms. The van der Waals surface area contributed by atoms with Gasteiger partial charge in [0.1, 0.15) is 11.6 Å².